The Balaban J connectivity index is 1.51. The van der Waals surface area contributed by atoms with Crippen LogP contribution in [-0.4, -0.2) is 29.1 Å². The van der Waals surface area contributed by atoms with E-state index in [4.69, 9.17) is 19.4 Å². The van der Waals surface area contributed by atoms with Crippen molar-refractivity contribution in [1.29, 1.82) is 0 Å². The highest BCUT2D eigenvalue weighted by molar-refractivity contribution is 6.11. The number of nitrogens with zero attached hydrogens (tertiary/aromatic N) is 3. The van der Waals surface area contributed by atoms with Gasteiger partial charge in [0.1, 0.15) is 17.2 Å². The van der Waals surface area contributed by atoms with Gasteiger partial charge in [0.25, 0.3) is 5.91 Å². The number of ether oxygens (including phenoxy) is 2. The molecular weight excluding hydrogens is 450 g/mol. The summed E-state index contributed by atoms with van der Waals surface area (Å²) in [6.07, 6.45) is -0.806. The summed E-state index contributed by atoms with van der Waals surface area (Å²) in [5.74, 6) is 1.21. The number of rotatable bonds is 4. The quantitative estimate of drug-likeness (QED) is 0.330. The van der Waals surface area contributed by atoms with Crippen LogP contribution in [-0.2, 0) is 10.3 Å². The maximum Gasteiger partial charge on any atom is 0.272 e. The molecule has 0 N–H and O–H groups in total. The van der Waals surface area contributed by atoms with Crippen LogP contribution in [0.4, 0.5) is 5.69 Å². The summed E-state index contributed by atoms with van der Waals surface area (Å²) in [4.78, 5) is 25.8. The van der Waals surface area contributed by atoms with Crippen LogP contribution in [0.15, 0.2) is 103 Å². The monoisotopic (exact) mass is 471 g/mol. The zero-order valence-electron chi connectivity index (χ0n) is 19.5. The van der Waals surface area contributed by atoms with Crippen molar-refractivity contribution in [3.05, 3.63) is 114 Å². The first kappa shape index (κ1) is 20.6. The van der Waals surface area contributed by atoms with Gasteiger partial charge in [0, 0.05) is 11.3 Å². The normalized spacial score (nSPS) is 19.6. The molecule has 1 aliphatic carbocycles. The SMILES string of the molecule is COc1ccc(N2C(=O)[C@@H](Oc3ccccc3)[C@]23c2ccccc2-c2nc4ccccc4nc23)cc1. The van der Waals surface area contributed by atoms with E-state index in [9.17, 15) is 4.79 Å². The van der Waals surface area contributed by atoms with Crippen molar-refractivity contribution in [3.63, 3.8) is 0 Å². The number of carbonyl (C=O) groups excluding carboxylic acids is 1. The third-order valence-corrected chi connectivity index (χ3v) is 7.03. The topological polar surface area (TPSA) is 64.5 Å². The predicted molar refractivity (Wildman–Crippen MR) is 137 cm³/mol. The highest BCUT2D eigenvalue weighted by Gasteiger charge is 2.69. The van der Waals surface area contributed by atoms with E-state index < -0.39 is 11.6 Å². The summed E-state index contributed by atoms with van der Waals surface area (Å²) in [6, 6.07) is 32.8. The van der Waals surface area contributed by atoms with E-state index in [1.54, 1.807) is 12.0 Å². The molecule has 2 heterocycles. The third-order valence-electron chi connectivity index (χ3n) is 7.03. The summed E-state index contributed by atoms with van der Waals surface area (Å²) in [5, 5.41) is 0. The number of fused-ring (bicyclic) bond motifs is 6. The van der Waals surface area contributed by atoms with Crippen molar-refractivity contribution in [2.24, 2.45) is 0 Å². The molecule has 6 nitrogen and oxygen atoms in total. The summed E-state index contributed by atoms with van der Waals surface area (Å²) < 4.78 is 11.8. The molecule has 0 radical (unpaired) electrons. The molecule has 1 aromatic heterocycles. The number of β-lactam (4-membered cyclic amide) rings is 1. The van der Waals surface area contributed by atoms with Crippen LogP contribution < -0.4 is 14.4 Å². The van der Waals surface area contributed by atoms with E-state index in [1.165, 1.54) is 0 Å². The number of aromatic nitrogens is 2. The Kier molecular flexibility index (Phi) is 4.39. The molecule has 1 spiro atoms. The van der Waals surface area contributed by atoms with Crippen LogP contribution in [0.3, 0.4) is 0 Å². The summed E-state index contributed by atoms with van der Waals surface area (Å²) in [5.41, 5.74) is 4.76. The number of amides is 1. The number of methoxy groups -OCH3 is 1. The van der Waals surface area contributed by atoms with Gasteiger partial charge in [-0.15, -0.1) is 0 Å². The first-order chi connectivity index (χ1) is 17.7. The van der Waals surface area contributed by atoms with E-state index in [-0.39, 0.29) is 5.91 Å². The highest BCUT2D eigenvalue weighted by Crippen LogP contribution is 2.58. The van der Waals surface area contributed by atoms with E-state index in [0.717, 1.165) is 45.0 Å². The van der Waals surface area contributed by atoms with Gasteiger partial charge in [-0.3, -0.25) is 9.69 Å². The summed E-state index contributed by atoms with van der Waals surface area (Å²) in [7, 11) is 1.62. The lowest BCUT2D eigenvalue weighted by atomic mass is 9.74. The third kappa shape index (κ3) is 2.69. The summed E-state index contributed by atoms with van der Waals surface area (Å²) in [6.45, 7) is 0. The Labute approximate surface area is 207 Å². The highest BCUT2D eigenvalue weighted by atomic mass is 16.5. The molecule has 0 saturated carbocycles. The van der Waals surface area contributed by atoms with Gasteiger partial charge in [0.2, 0.25) is 6.10 Å². The predicted octanol–water partition coefficient (Wildman–Crippen LogP) is 5.36. The van der Waals surface area contributed by atoms with Crippen molar-refractivity contribution in [2.45, 2.75) is 11.6 Å². The van der Waals surface area contributed by atoms with Gasteiger partial charge in [-0.05, 0) is 54.1 Å². The minimum absolute atomic E-state index is 0.137. The Hall–Kier alpha value is -4.71. The molecule has 5 aromatic rings. The van der Waals surface area contributed by atoms with Crippen molar-refractivity contribution in [2.75, 3.05) is 12.0 Å². The van der Waals surface area contributed by atoms with Crippen molar-refractivity contribution in [1.82, 2.24) is 9.97 Å². The van der Waals surface area contributed by atoms with Gasteiger partial charge < -0.3 is 9.47 Å². The average molecular weight is 472 g/mol. The van der Waals surface area contributed by atoms with Gasteiger partial charge in [-0.1, -0.05) is 54.6 Å². The van der Waals surface area contributed by atoms with E-state index >= 15 is 0 Å². The first-order valence-corrected chi connectivity index (χ1v) is 11.8. The number of carbonyl (C=O) groups is 1. The minimum Gasteiger partial charge on any atom is -0.497 e. The van der Waals surface area contributed by atoms with Crippen molar-refractivity contribution < 1.29 is 14.3 Å². The molecule has 174 valence electrons. The minimum atomic E-state index is -0.968. The molecular formula is C30H21N3O3. The van der Waals surface area contributed by atoms with Crippen LogP contribution in [0, 0.1) is 0 Å². The van der Waals surface area contributed by atoms with Gasteiger partial charge >= 0.3 is 0 Å². The fourth-order valence-electron chi connectivity index (χ4n) is 5.45. The maximum absolute atomic E-state index is 13.9. The van der Waals surface area contributed by atoms with E-state index in [2.05, 4.69) is 0 Å². The smallest absolute Gasteiger partial charge is 0.272 e. The Morgan fingerprint density at radius 3 is 2.17 bits per heavy atom. The molecule has 2 atom stereocenters. The maximum atomic E-state index is 13.9. The molecule has 0 unspecified atom stereocenters. The van der Waals surface area contributed by atoms with Crippen LogP contribution in [0.1, 0.15) is 11.3 Å². The molecule has 36 heavy (non-hydrogen) atoms. The van der Waals surface area contributed by atoms with Crippen molar-refractivity contribution >= 4 is 22.6 Å². The Morgan fingerprint density at radius 1 is 0.750 bits per heavy atom. The second kappa shape index (κ2) is 7.65. The fraction of sp³-hybridized carbons (Fsp3) is 0.100. The second-order valence-corrected chi connectivity index (χ2v) is 8.90. The van der Waals surface area contributed by atoms with Crippen LogP contribution in [0.2, 0.25) is 0 Å². The molecule has 2 aliphatic rings. The van der Waals surface area contributed by atoms with Crippen LogP contribution in [0.5, 0.6) is 11.5 Å². The van der Waals surface area contributed by atoms with Gasteiger partial charge in [0.05, 0.1) is 23.8 Å². The van der Waals surface area contributed by atoms with E-state index in [0.29, 0.717) is 5.75 Å². The lowest BCUT2D eigenvalue weighted by molar-refractivity contribution is -0.139. The largest absolute Gasteiger partial charge is 0.497 e. The molecule has 1 amide bonds. The number of benzene rings is 4. The number of para-hydroxylation sites is 3. The first-order valence-electron chi connectivity index (χ1n) is 11.8. The zero-order chi connectivity index (χ0) is 24.3. The zero-order valence-corrected chi connectivity index (χ0v) is 19.5. The number of hydrogen-bond acceptors (Lipinski definition) is 5. The molecule has 1 saturated heterocycles. The molecule has 0 bridgehead atoms. The molecule has 6 heteroatoms. The standard InChI is InChI=1S/C30H21N3O3/c1-35-20-17-15-19(16-18-20)33-29(34)28(36-21-9-3-2-4-10-21)30(33)23-12-6-5-11-22(23)26-27(30)32-25-14-8-7-13-24(25)31-26/h2-18,28H,1H3/t28-,30-/m1/s1. The van der Waals surface area contributed by atoms with E-state index in [1.807, 2.05) is 103 Å². The number of hydrogen-bond donors (Lipinski definition) is 0. The van der Waals surface area contributed by atoms with Gasteiger partial charge in [-0.25, -0.2) is 9.97 Å². The second-order valence-electron chi connectivity index (χ2n) is 8.90. The fourth-order valence-corrected chi connectivity index (χ4v) is 5.45. The van der Waals surface area contributed by atoms with Crippen LogP contribution >= 0.6 is 0 Å². The average Bonchev–Trinajstić information content (AvgIpc) is 3.23. The molecule has 4 aromatic carbocycles. The number of anilines is 1. The lowest BCUT2D eigenvalue weighted by Crippen LogP contribution is -2.74. The van der Waals surface area contributed by atoms with Gasteiger partial charge in [0.15, 0.2) is 5.54 Å². The van der Waals surface area contributed by atoms with Gasteiger partial charge in [-0.2, -0.15) is 0 Å². The molecule has 1 aliphatic heterocycles. The molecule has 7 rings (SSSR count). The van der Waals surface area contributed by atoms with Crippen LogP contribution in [0.25, 0.3) is 22.3 Å². The lowest BCUT2D eigenvalue weighted by Gasteiger charge is -2.54. The molecule has 1 fully saturated rings. The summed E-state index contributed by atoms with van der Waals surface area (Å²) >= 11 is 0. The Morgan fingerprint density at radius 2 is 1.42 bits per heavy atom. The Bertz CT molecular complexity index is 1640. The van der Waals surface area contributed by atoms with Crippen molar-refractivity contribution in [3.8, 4) is 22.8 Å².